The topological polar surface area (TPSA) is 87.8 Å². The van der Waals surface area contributed by atoms with Crippen molar-refractivity contribution >= 4 is 11.7 Å². The molecule has 2 aromatic heterocycles. The number of rotatable bonds is 5. The minimum Gasteiger partial charge on any atom is -0.493 e. The second kappa shape index (κ2) is 6.86. The van der Waals surface area contributed by atoms with Gasteiger partial charge in [-0.05, 0) is 39.0 Å². The predicted octanol–water partition coefficient (Wildman–Crippen LogP) is 2.51. The van der Waals surface area contributed by atoms with Crippen LogP contribution in [0.15, 0.2) is 24.4 Å². The van der Waals surface area contributed by atoms with Crippen LogP contribution in [0.25, 0.3) is 5.78 Å². The average Bonchev–Trinajstić information content (AvgIpc) is 3.23. The summed E-state index contributed by atoms with van der Waals surface area (Å²) in [6.45, 7) is 6.36. The fourth-order valence-corrected chi connectivity index (χ4v) is 3.08. The summed E-state index contributed by atoms with van der Waals surface area (Å²) in [5.74, 6) is 1.22. The number of aryl methyl sites for hydroxylation is 1. The van der Waals surface area contributed by atoms with Crippen molar-refractivity contribution in [2.75, 3.05) is 6.61 Å². The molecule has 1 aliphatic rings. The molecular formula is C19H20N4O4. The fourth-order valence-electron chi connectivity index (χ4n) is 3.08. The first-order chi connectivity index (χ1) is 13.0. The van der Waals surface area contributed by atoms with E-state index in [0.29, 0.717) is 18.1 Å². The molecule has 0 N–H and O–H groups in total. The molecule has 1 aliphatic heterocycles. The van der Waals surface area contributed by atoms with E-state index in [2.05, 4.69) is 15.1 Å². The van der Waals surface area contributed by atoms with Crippen molar-refractivity contribution in [2.24, 2.45) is 0 Å². The maximum atomic E-state index is 12.4. The van der Waals surface area contributed by atoms with E-state index in [1.54, 1.807) is 12.3 Å². The summed E-state index contributed by atoms with van der Waals surface area (Å²) >= 11 is 0. The number of fused-ring (bicyclic) bond motifs is 2. The van der Waals surface area contributed by atoms with Crippen molar-refractivity contribution < 1.29 is 19.0 Å². The van der Waals surface area contributed by atoms with Crippen molar-refractivity contribution in [1.29, 1.82) is 0 Å². The Morgan fingerprint density at radius 1 is 1.41 bits per heavy atom. The van der Waals surface area contributed by atoms with Crippen LogP contribution in [0.4, 0.5) is 0 Å². The van der Waals surface area contributed by atoms with Gasteiger partial charge in [-0.25, -0.2) is 14.3 Å². The fraction of sp³-hybridized carbons (Fsp3) is 0.368. The molecule has 3 aromatic rings. The van der Waals surface area contributed by atoms with Gasteiger partial charge in [0.05, 0.1) is 6.61 Å². The van der Waals surface area contributed by atoms with E-state index < -0.39 is 5.97 Å². The molecule has 4 rings (SSSR count). The molecule has 0 spiro atoms. The van der Waals surface area contributed by atoms with Crippen LogP contribution in [0.2, 0.25) is 0 Å². The Bertz CT molecular complexity index is 1010. The quantitative estimate of drug-likeness (QED) is 0.639. The third kappa shape index (κ3) is 3.30. The van der Waals surface area contributed by atoms with Crippen molar-refractivity contribution in [1.82, 2.24) is 19.6 Å². The van der Waals surface area contributed by atoms with Gasteiger partial charge in [-0.15, -0.1) is 5.10 Å². The lowest BCUT2D eigenvalue weighted by atomic mass is 10.1. The largest absolute Gasteiger partial charge is 0.493 e. The molecule has 8 heteroatoms. The van der Waals surface area contributed by atoms with E-state index in [-0.39, 0.29) is 18.5 Å². The van der Waals surface area contributed by atoms with Gasteiger partial charge in [0.15, 0.2) is 0 Å². The number of nitrogens with zero attached hydrogens (tertiary/aromatic N) is 4. The molecule has 140 valence electrons. The average molecular weight is 368 g/mol. The van der Waals surface area contributed by atoms with Crippen molar-refractivity contribution in [2.45, 2.75) is 39.9 Å². The standard InChI is InChI=1S/C19H20N4O4/c1-4-25-15-8-13-7-12(3)27-16(13)9-14(15)10-26-18(24)17-21-19-20-6-5-11(2)23(19)22-17/h5-6,8-9,12H,4,7,10H2,1-3H3. The summed E-state index contributed by atoms with van der Waals surface area (Å²) in [6, 6.07) is 5.62. The van der Waals surface area contributed by atoms with Crippen LogP contribution in [0.1, 0.15) is 41.3 Å². The van der Waals surface area contributed by atoms with Crippen LogP contribution >= 0.6 is 0 Å². The van der Waals surface area contributed by atoms with E-state index in [1.807, 2.05) is 32.9 Å². The highest BCUT2D eigenvalue weighted by Gasteiger charge is 2.23. The molecule has 0 aliphatic carbocycles. The predicted molar refractivity (Wildman–Crippen MR) is 96.0 cm³/mol. The third-order valence-corrected chi connectivity index (χ3v) is 4.35. The molecule has 27 heavy (non-hydrogen) atoms. The van der Waals surface area contributed by atoms with Gasteiger partial charge in [0.2, 0.25) is 0 Å². The lowest BCUT2D eigenvalue weighted by molar-refractivity contribution is 0.0455. The number of hydrogen-bond donors (Lipinski definition) is 0. The highest BCUT2D eigenvalue weighted by molar-refractivity contribution is 5.85. The van der Waals surface area contributed by atoms with Crippen LogP contribution in [0.3, 0.4) is 0 Å². The second-order valence-electron chi connectivity index (χ2n) is 6.44. The lowest BCUT2D eigenvalue weighted by Gasteiger charge is -2.12. The summed E-state index contributed by atoms with van der Waals surface area (Å²) in [5.41, 5.74) is 2.68. The van der Waals surface area contributed by atoms with Gasteiger partial charge in [0.25, 0.3) is 11.6 Å². The zero-order valence-electron chi connectivity index (χ0n) is 15.4. The van der Waals surface area contributed by atoms with Crippen LogP contribution in [-0.2, 0) is 17.8 Å². The number of esters is 1. The van der Waals surface area contributed by atoms with Crippen LogP contribution < -0.4 is 9.47 Å². The molecule has 1 aromatic carbocycles. The molecule has 0 saturated carbocycles. The van der Waals surface area contributed by atoms with Gasteiger partial charge in [0, 0.05) is 29.4 Å². The first-order valence-electron chi connectivity index (χ1n) is 8.86. The first kappa shape index (κ1) is 17.3. The molecule has 0 bridgehead atoms. The van der Waals surface area contributed by atoms with Gasteiger partial charge < -0.3 is 14.2 Å². The maximum absolute atomic E-state index is 12.4. The number of aromatic nitrogens is 4. The van der Waals surface area contributed by atoms with Crippen molar-refractivity contribution in [3.05, 3.63) is 47.0 Å². The summed E-state index contributed by atoms with van der Waals surface area (Å²) in [7, 11) is 0. The molecule has 0 saturated heterocycles. The van der Waals surface area contributed by atoms with E-state index in [4.69, 9.17) is 14.2 Å². The highest BCUT2D eigenvalue weighted by Crippen LogP contribution is 2.35. The minimum absolute atomic E-state index is 0.0270. The molecule has 0 radical (unpaired) electrons. The summed E-state index contributed by atoms with van der Waals surface area (Å²) in [4.78, 5) is 20.6. The Labute approximate surface area is 156 Å². The Morgan fingerprint density at radius 2 is 2.26 bits per heavy atom. The molecule has 8 nitrogen and oxygen atoms in total. The van der Waals surface area contributed by atoms with Gasteiger partial charge in [-0.3, -0.25) is 0 Å². The second-order valence-corrected chi connectivity index (χ2v) is 6.44. The summed E-state index contributed by atoms with van der Waals surface area (Å²) < 4.78 is 18.4. The Kier molecular flexibility index (Phi) is 4.39. The van der Waals surface area contributed by atoms with E-state index >= 15 is 0 Å². The van der Waals surface area contributed by atoms with Crippen LogP contribution in [0.5, 0.6) is 11.5 Å². The van der Waals surface area contributed by atoms with E-state index in [0.717, 1.165) is 29.0 Å². The Hall–Kier alpha value is -3.16. The Morgan fingerprint density at radius 3 is 3.04 bits per heavy atom. The first-order valence-corrected chi connectivity index (χ1v) is 8.86. The number of benzene rings is 1. The normalized spacial score (nSPS) is 15.4. The minimum atomic E-state index is -0.614. The smallest absolute Gasteiger partial charge is 0.378 e. The zero-order valence-corrected chi connectivity index (χ0v) is 15.4. The molecule has 1 atom stereocenters. The molecule has 1 unspecified atom stereocenters. The summed E-state index contributed by atoms with van der Waals surface area (Å²) in [5, 5.41) is 4.16. The van der Waals surface area contributed by atoms with Crippen molar-refractivity contribution in [3.8, 4) is 11.5 Å². The molecule has 0 fully saturated rings. The zero-order chi connectivity index (χ0) is 19.0. The maximum Gasteiger partial charge on any atom is 0.378 e. The number of hydrogen-bond acceptors (Lipinski definition) is 7. The van der Waals surface area contributed by atoms with Gasteiger partial charge in [0.1, 0.15) is 24.2 Å². The monoisotopic (exact) mass is 368 g/mol. The van der Waals surface area contributed by atoms with Gasteiger partial charge in [-0.2, -0.15) is 4.98 Å². The molecule has 3 heterocycles. The van der Waals surface area contributed by atoms with E-state index in [1.165, 1.54) is 4.52 Å². The number of carbonyl (C=O) groups excluding carboxylic acids is 1. The number of ether oxygens (including phenoxy) is 3. The van der Waals surface area contributed by atoms with Crippen LogP contribution in [-0.4, -0.2) is 38.3 Å². The van der Waals surface area contributed by atoms with Gasteiger partial charge in [-0.1, -0.05) is 0 Å². The Balaban J connectivity index is 1.54. The van der Waals surface area contributed by atoms with E-state index in [9.17, 15) is 4.79 Å². The lowest BCUT2D eigenvalue weighted by Crippen LogP contribution is -2.09. The molecule has 0 amide bonds. The number of carbonyl (C=O) groups is 1. The molecular weight excluding hydrogens is 348 g/mol. The highest BCUT2D eigenvalue weighted by atomic mass is 16.5. The van der Waals surface area contributed by atoms with Crippen molar-refractivity contribution in [3.63, 3.8) is 0 Å². The van der Waals surface area contributed by atoms with Gasteiger partial charge >= 0.3 is 5.97 Å². The SMILES string of the molecule is CCOc1cc2c(cc1COC(=O)c1nc3nccc(C)n3n1)OC(C)C2. The third-order valence-electron chi connectivity index (χ3n) is 4.35. The van der Waals surface area contributed by atoms with Crippen LogP contribution in [0, 0.1) is 6.92 Å². The summed E-state index contributed by atoms with van der Waals surface area (Å²) in [6.07, 6.45) is 2.59.